The molecule has 0 aliphatic carbocycles. The number of hydrogen-bond acceptors (Lipinski definition) is 2. The fraction of sp³-hybridized carbons (Fsp3) is 0. The average molecular weight is 335 g/mol. The highest BCUT2D eigenvalue weighted by molar-refractivity contribution is 9.10. The van der Waals surface area contributed by atoms with Gasteiger partial charge in [-0.1, -0.05) is 17.7 Å². The molecular weight excluding hydrogens is 327 g/mol. The van der Waals surface area contributed by atoms with Crippen molar-refractivity contribution in [3.8, 4) is 11.5 Å². The van der Waals surface area contributed by atoms with Crippen molar-refractivity contribution in [1.29, 1.82) is 0 Å². The maximum absolute atomic E-state index is 13.6. The van der Waals surface area contributed by atoms with Crippen LogP contribution >= 0.6 is 27.5 Å². The molecule has 0 aromatic heterocycles. The quantitative estimate of drug-likeness (QED) is 0.804. The second kappa shape index (κ2) is 5.12. The van der Waals surface area contributed by atoms with Crippen LogP contribution in [0.3, 0.4) is 0 Å². The predicted molar refractivity (Wildman–Crippen MR) is 70.0 cm³/mol. The number of hydrogen-bond donors (Lipinski definition) is 1. The lowest BCUT2D eigenvalue weighted by Crippen LogP contribution is -1.95. The van der Waals surface area contributed by atoms with Crippen LogP contribution in [-0.2, 0) is 0 Å². The Morgan fingerprint density at radius 2 is 1.89 bits per heavy atom. The van der Waals surface area contributed by atoms with E-state index in [1.165, 1.54) is 24.3 Å². The number of anilines is 1. The van der Waals surface area contributed by atoms with E-state index in [2.05, 4.69) is 15.9 Å². The SMILES string of the molecule is Nc1cc(F)c(Br)cc1Oc1cccc(Cl)c1F. The van der Waals surface area contributed by atoms with E-state index in [-0.39, 0.29) is 26.7 Å². The molecular formula is C12H7BrClF2NO. The molecule has 0 aliphatic rings. The third-order valence-electron chi connectivity index (χ3n) is 2.19. The highest BCUT2D eigenvalue weighted by Crippen LogP contribution is 2.34. The molecule has 6 heteroatoms. The molecule has 0 saturated heterocycles. The van der Waals surface area contributed by atoms with Gasteiger partial charge in [-0.05, 0) is 28.1 Å². The second-order valence-electron chi connectivity index (χ2n) is 3.46. The van der Waals surface area contributed by atoms with Crippen LogP contribution in [0.25, 0.3) is 0 Å². The average Bonchev–Trinajstić information content (AvgIpc) is 2.32. The number of ether oxygens (including phenoxy) is 1. The van der Waals surface area contributed by atoms with Crippen molar-refractivity contribution >= 4 is 33.2 Å². The van der Waals surface area contributed by atoms with Gasteiger partial charge in [-0.25, -0.2) is 8.78 Å². The molecule has 0 spiro atoms. The van der Waals surface area contributed by atoms with E-state index in [1.807, 2.05) is 0 Å². The van der Waals surface area contributed by atoms with Gasteiger partial charge in [0.15, 0.2) is 17.3 Å². The maximum Gasteiger partial charge on any atom is 0.184 e. The summed E-state index contributed by atoms with van der Waals surface area (Å²) >= 11 is 8.62. The Morgan fingerprint density at radius 3 is 2.61 bits per heavy atom. The van der Waals surface area contributed by atoms with Gasteiger partial charge in [0.1, 0.15) is 5.82 Å². The van der Waals surface area contributed by atoms with Gasteiger partial charge in [-0.3, -0.25) is 0 Å². The van der Waals surface area contributed by atoms with Gasteiger partial charge in [0.25, 0.3) is 0 Å². The molecule has 0 unspecified atom stereocenters. The summed E-state index contributed by atoms with van der Waals surface area (Å²) in [6.45, 7) is 0. The van der Waals surface area contributed by atoms with Crippen molar-refractivity contribution < 1.29 is 13.5 Å². The minimum absolute atomic E-state index is 0.0627. The summed E-state index contributed by atoms with van der Waals surface area (Å²) < 4.78 is 32.2. The lowest BCUT2D eigenvalue weighted by Gasteiger charge is -2.10. The molecule has 0 heterocycles. The second-order valence-corrected chi connectivity index (χ2v) is 4.72. The lowest BCUT2D eigenvalue weighted by atomic mass is 10.3. The standard InChI is InChI=1S/C12H7BrClF2NO/c13-6-4-11(9(17)5-8(6)15)18-10-3-1-2-7(14)12(10)16/h1-5H,17H2. The van der Waals surface area contributed by atoms with Crippen molar-refractivity contribution in [2.75, 3.05) is 5.73 Å². The Balaban J connectivity index is 2.40. The molecule has 0 atom stereocenters. The molecule has 0 aliphatic heterocycles. The summed E-state index contributed by atoms with van der Waals surface area (Å²) in [6, 6.07) is 6.74. The Labute approximate surface area is 115 Å². The highest BCUT2D eigenvalue weighted by atomic mass is 79.9. The van der Waals surface area contributed by atoms with Crippen LogP contribution in [0.4, 0.5) is 14.5 Å². The minimum atomic E-state index is -0.695. The van der Waals surface area contributed by atoms with Gasteiger partial charge >= 0.3 is 0 Å². The maximum atomic E-state index is 13.6. The fourth-order valence-electron chi connectivity index (χ4n) is 1.31. The van der Waals surface area contributed by atoms with E-state index in [0.29, 0.717) is 0 Å². The zero-order chi connectivity index (χ0) is 13.3. The molecule has 2 aromatic carbocycles. The first-order chi connectivity index (χ1) is 8.49. The van der Waals surface area contributed by atoms with Crippen LogP contribution in [0, 0.1) is 11.6 Å². The Hall–Kier alpha value is -1.33. The number of benzene rings is 2. The molecule has 0 radical (unpaired) electrons. The lowest BCUT2D eigenvalue weighted by molar-refractivity contribution is 0.443. The zero-order valence-electron chi connectivity index (χ0n) is 8.88. The predicted octanol–water partition coefficient (Wildman–Crippen LogP) is 4.76. The zero-order valence-corrected chi connectivity index (χ0v) is 11.2. The largest absolute Gasteiger partial charge is 0.452 e. The Morgan fingerprint density at radius 1 is 1.17 bits per heavy atom. The summed E-state index contributed by atoms with van der Waals surface area (Å²) in [4.78, 5) is 0. The first kappa shape index (κ1) is 13.1. The van der Waals surface area contributed by atoms with E-state index in [9.17, 15) is 8.78 Å². The van der Waals surface area contributed by atoms with Gasteiger partial charge in [0.2, 0.25) is 0 Å². The highest BCUT2D eigenvalue weighted by Gasteiger charge is 2.12. The number of rotatable bonds is 2. The summed E-state index contributed by atoms with van der Waals surface area (Å²) in [5.41, 5.74) is 5.65. The molecule has 0 bridgehead atoms. The summed E-state index contributed by atoms with van der Waals surface area (Å²) in [6.07, 6.45) is 0. The Kier molecular flexibility index (Phi) is 3.73. The van der Waals surface area contributed by atoms with Crippen molar-refractivity contribution in [2.24, 2.45) is 0 Å². The molecule has 0 fully saturated rings. The number of nitrogen functional groups attached to an aromatic ring is 1. The smallest absolute Gasteiger partial charge is 0.184 e. The van der Waals surface area contributed by atoms with E-state index in [4.69, 9.17) is 22.1 Å². The van der Waals surface area contributed by atoms with Crippen molar-refractivity contribution in [1.82, 2.24) is 0 Å². The monoisotopic (exact) mass is 333 g/mol. The fourth-order valence-corrected chi connectivity index (χ4v) is 1.80. The summed E-state index contributed by atoms with van der Waals surface area (Å²) in [7, 11) is 0. The van der Waals surface area contributed by atoms with Gasteiger partial charge in [-0.2, -0.15) is 0 Å². The molecule has 2 aromatic rings. The van der Waals surface area contributed by atoms with Gasteiger partial charge < -0.3 is 10.5 Å². The molecule has 2 nitrogen and oxygen atoms in total. The van der Waals surface area contributed by atoms with E-state index in [1.54, 1.807) is 0 Å². The molecule has 94 valence electrons. The van der Waals surface area contributed by atoms with E-state index < -0.39 is 11.6 Å². The van der Waals surface area contributed by atoms with Crippen LogP contribution < -0.4 is 10.5 Å². The molecule has 2 rings (SSSR count). The normalized spacial score (nSPS) is 10.4. The Bertz CT molecular complexity index is 607. The molecule has 0 saturated carbocycles. The molecule has 0 amide bonds. The summed E-state index contributed by atoms with van der Waals surface area (Å²) in [5, 5.41) is -0.0627. The van der Waals surface area contributed by atoms with Crippen LogP contribution in [0.1, 0.15) is 0 Å². The van der Waals surface area contributed by atoms with Crippen LogP contribution in [0.5, 0.6) is 11.5 Å². The molecule has 2 N–H and O–H groups in total. The van der Waals surface area contributed by atoms with Crippen molar-refractivity contribution in [3.05, 3.63) is 51.5 Å². The van der Waals surface area contributed by atoms with Crippen LogP contribution in [0.2, 0.25) is 5.02 Å². The molecule has 18 heavy (non-hydrogen) atoms. The van der Waals surface area contributed by atoms with Gasteiger partial charge in [0, 0.05) is 12.1 Å². The van der Waals surface area contributed by atoms with Crippen LogP contribution in [-0.4, -0.2) is 0 Å². The van der Waals surface area contributed by atoms with Gasteiger partial charge in [0.05, 0.1) is 15.2 Å². The topological polar surface area (TPSA) is 35.2 Å². The first-order valence-electron chi connectivity index (χ1n) is 4.85. The van der Waals surface area contributed by atoms with E-state index in [0.717, 1.165) is 6.07 Å². The van der Waals surface area contributed by atoms with Gasteiger partial charge in [-0.15, -0.1) is 0 Å². The van der Waals surface area contributed by atoms with Crippen molar-refractivity contribution in [3.63, 3.8) is 0 Å². The third-order valence-corrected chi connectivity index (χ3v) is 3.09. The number of nitrogens with two attached hydrogens (primary N) is 1. The number of halogens is 4. The summed E-state index contributed by atoms with van der Waals surface area (Å²) in [5.74, 6) is -1.15. The third kappa shape index (κ3) is 2.57. The van der Waals surface area contributed by atoms with Crippen molar-refractivity contribution in [2.45, 2.75) is 0 Å². The van der Waals surface area contributed by atoms with Crippen LogP contribution in [0.15, 0.2) is 34.8 Å². The van der Waals surface area contributed by atoms with E-state index >= 15 is 0 Å². The first-order valence-corrected chi connectivity index (χ1v) is 6.02. The minimum Gasteiger partial charge on any atom is -0.452 e.